The van der Waals surface area contributed by atoms with Crippen LogP contribution in [0.15, 0.2) is 78.9 Å². The number of benzene rings is 1. The molecular formula is C28H31Cl2N3O3. The van der Waals surface area contributed by atoms with E-state index in [2.05, 4.69) is 29.5 Å². The van der Waals surface area contributed by atoms with E-state index in [4.69, 9.17) is 32.7 Å². The van der Waals surface area contributed by atoms with E-state index in [0.717, 1.165) is 32.5 Å². The van der Waals surface area contributed by atoms with Crippen LogP contribution in [-0.4, -0.2) is 46.1 Å². The average Bonchev–Trinajstić information content (AvgIpc) is 3.34. The molecule has 0 amide bonds. The van der Waals surface area contributed by atoms with Crippen LogP contribution in [0.2, 0.25) is 10.0 Å². The van der Waals surface area contributed by atoms with E-state index in [1.54, 1.807) is 41.1 Å². The normalized spacial score (nSPS) is 16.9. The summed E-state index contributed by atoms with van der Waals surface area (Å²) in [4.78, 5) is 6.76. The molecule has 0 spiro atoms. The van der Waals surface area contributed by atoms with Gasteiger partial charge in [0.25, 0.3) is 0 Å². The molecule has 4 rings (SSSR count). The lowest BCUT2D eigenvalue weighted by Gasteiger charge is -2.32. The summed E-state index contributed by atoms with van der Waals surface area (Å²) in [5.41, 5.74) is 3.63. The molecule has 3 heterocycles. The molecule has 1 saturated heterocycles. The van der Waals surface area contributed by atoms with Crippen molar-refractivity contribution in [3.05, 3.63) is 100 Å². The van der Waals surface area contributed by atoms with Gasteiger partial charge in [0, 0.05) is 48.2 Å². The van der Waals surface area contributed by atoms with Crippen LogP contribution in [-0.2, 0) is 4.74 Å². The molecule has 190 valence electrons. The molecule has 2 aromatic heterocycles. The van der Waals surface area contributed by atoms with Gasteiger partial charge < -0.3 is 14.6 Å². The van der Waals surface area contributed by atoms with Crippen molar-refractivity contribution in [2.24, 2.45) is 0 Å². The number of piperidine rings is 1. The van der Waals surface area contributed by atoms with Gasteiger partial charge in [-0.2, -0.15) is 0 Å². The number of rotatable bonds is 9. The van der Waals surface area contributed by atoms with E-state index in [1.165, 1.54) is 18.2 Å². The number of aromatic nitrogens is 2. The summed E-state index contributed by atoms with van der Waals surface area (Å²) >= 11 is 12.4. The quantitative estimate of drug-likeness (QED) is 0.194. The van der Waals surface area contributed by atoms with E-state index in [-0.39, 0.29) is 0 Å². The van der Waals surface area contributed by atoms with Crippen molar-refractivity contribution in [2.75, 3.05) is 26.7 Å². The van der Waals surface area contributed by atoms with Gasteiger partial charge in [-0.05, 0) is 74.7 Å². The van der Waals surface area contributed by atoms with Crippen LogP contribution in [0, 0.1) is 0 Å². The van der Waals surface area contributed by atoms with Crippen molar-refractivity contribution in [3.63, 3.8) is 0 Å². The van der Waals surface area contributed by atoms with Crippen LogP contribution < -0.4 is 4.74 Å². The second-order valence-electron chi connectivity index (χ2n) is 9.00. The maximum absolute atomic E-state index is 10.2. The molecule has 0 aliphatic carbocycles. The summed E-state index contributed by atoms with van der Waals surface area (Å²) in [7, 11) is 1.44. The predicted molar refractivity (Wildman–Crippen MR) is 145 cm³/mol. The summed E-state index contributed by atoms with van der Waals surface area (Å²) in [5.74, 6) is 1.62. The maximum Gasteiger partial charge on any atom is 0.196 e. The third kappa shape index (κ3) is 6.58. The smallest absolute Gasteiger partial charge is 0.196 e. The summed E-state index contributed by atoms with van der Waals surface area (Å²) in [6.07, 6.45) is 10.1. The van der Waals surface area contributed by atoms with Gasteiger partial charge >= 0.3 is 0 Å². The Labute approximate surface area is 222 Å². The molecule has 1 aliphatic heterocycles. The summed E-state index contributed by atoms with van der Waals surface area (Å²) in [5, 5.41) is 11.6. The molecule has 1 unspecified atom stereocenters. The monoisotopic (exact) mass is 527 g/mol. The standard InChI is InChI=1S/C28H31Cl2N3O3/c1-4-24(36-25-16-26(28(34)35-3)33-12-9-31-27(33)17-25)6-5-19(2)18-32-10-7-20(8-11-32)21-13-22(29)15-23(30)14-21/h4-6,9,12-17,20,28,34H,1,7-8,10-11,18H2,2-3H3/b19-5+,24-6+. The maximum atomic E-state index is 10.2. The number of hydrogen-bond acceptors (Lipinski definition) is 5. The minimum Gasteiger partial charge on any atom is -0.457 e. The SMILES string of the molecule is C=C/C(=C\C=C(/C)CN1CCC(c2cc(Cl)cc(Cl)c2)CC1)Oc1cc(C(O)OC)n2ccnc2c1. The van der Waals surface area contributed by atoms with Gasteiger partial charge in [-0.3, -0.25) is 9.30 Å². The van der Waals surface area contributed by atoms with Gasteiger partial charge in [0.05, 0.1) is 5.69 Å². The molecule has 1 aromatic carbocycles. The number of imidazole rings is 1. The molecule has 6 nitrogen and oxygen atoms in total. The number of halogens is 2. The summed E-state index contributed by atoms with van der Waals surface area (Å²) < 4.78 is 12.9. The Morgan fingerprint density at radius 2 is 1.89 bits per heavy atom. The fourth-order valence-corrected chi connectivity index (χ4v) is 5.08. The number of fused-ring (bicyclic) bond motifs is 1. The lowest BCUT2D eigenvalue weighted by Crippen LogP contribution is -2.34. The Kier molecular flexibility index (Phi) is 8.88. The minimum atomic E-state index is -1.09. The third-order valence-electron chi connectivity index (χ3n) is 6.37. The Morgan fingerprint density at radius 1 is 1.17 bits per heavy atom. The average molecular weight is 528 g/mol. The second kappa shape index (κ2) is 12.1. The fourth-order valence-electron chi connectivity index (χ4n) is 4.54. The zero-order valence-electron chi connectivity index (χ0n) is 20.5. The van der Waals surface area contributed by atoms with Gasteiger partial charge in [0.15, 0.2) is 6.29 Å². The minimum absolute atomic E-state index is 0.483. The van der Waals surface area contributed by atoms with Crippen molar-refractivity contribution in [1.82, 2.24) is 14.3 Å². The molecule has 1 aliphatic rings. The molecule has 36 heavy (non-hydrogen) atoms. The molecule has 0 bridgehead atoms. The zero-order valence-corrected chi connectivity index (χ0v) is 22.0. The number of aliphatic hydroxyl groups is 1. The molecule has 1 atom stereocenters. The molecule has 8 heteroatoms. The lowest BCUT2D eigenvalue weighted by molar-refractivity contribution is -0.0806. The van der Waals surface area contributed by atoms with E-state index in [9.17, 15) is 5.11 Å². The number of methoxy groups -OCH3 is 1. The van der Waals surface area contributed by atoms with Crippen molar-refractivity contribution in [2.45, 2.75) is 32.0 Å². The molecule has 1 N–H and O–H groups in total. The van der Waals surface area contributed by atoms with Crippen LogP contribution in [0.3, 0.4) is 0 Å². The van der Waals surface area contributed by atoms with Gasteiger partial charge in [-0.1, -0.05) is 41.4 Å². The number of likely N-dealkylation sites (tertiary alicyclic amines) is 1. The number of nitrogens with zero attached hydrogens (tertiary/aromatic N) is 3. The van der Waals surface area contributed by atoms with Crippen molar-refractivity contribution in [3.8, 4) is 5.75 Å². The molecule has 0 saturated carbocycles. The fraction of sp³-hybridized carbons (Fsp3) is 0.321. The van der Waals surface area contributed by atoms with Gasteiger partial charge in [0.2, 0.25) is 0 Å². The first-order valence-corrected chi connectivity index (χ1v) is 12.7. The van der Waals surface area contributed by atoms with Crippen molar-refractivity contribution in [1.29, 1.82) is 0 Å². The Balaban J connectivity index is 1.38. The van der Waals surface area contributed by atoms with Crippen LogP contribution in [0.1, 0.15) is 43.2 Å². The Hall–Kier alpha value is -2.61. The van der Waals surface area contributed by atoms with E-state index in [1.807, 2.05) is 18.2 Å². The second-order valence-corrected chi connectivity index (χ2v) is 9.87. The van der Waals surface area contributed by atoms with E-state index < -0.39 is 6.29 Å². The van der Waals surface area contributed by atoms with Crippen molar-refractivity contribution < 1.29 is 14.6 Å². The number of pyridine rings is 1. The highest BCUT2D eigenvalue weighted by Gasteiger charge is 2.21. The largest absolute Gasteiger partial charge is 0.457 e. The third-order valence-corrected chi connectivity index (χ3v) is 6.81. The van der Waals surface area contributed by atoms with Crippen molar-refractivity contribution >= 4 is 28.8 Å². The number of hydrogen-bond donors (Lipinski definition) is 1. The molecule has 3 aromatic rings. The van der Waals surface area contributed by atoms with Gasteiger partial charge in [-0.25, -0.2) is 4.98 Å². The van der Waals surface area contributed by atoms with Crippen LogP contribution in [0.25, 0.3) is 5.65 Å². The highest BCUT2D eigenvalue weighted by molar-refractivity contribution is 6.34. The Morgan fingerprint density at radius 3 is 2.56 bits per heavy atom. The number of aliphatic hydroxyl groups excluding tert-OH is 1. The number of ether oxygens (including phenoxy) is 2. The van der Waals surface area contributed by atoms with Crippen LogP contribution >= 0.6 is 23.2 Å². The first-order valence-electron chi connectivity index (χ1n) is 11.9. The first kappa shape index (κ1) is 26.5. The van der Waals surface area contributed by atoms with Gasteiger partial charge in [-0.15, -0.1) is 0 Å². The first-order chi connectivity index (χ1) is 17.4. The number of allylic oxidation sites excluding steroid dienone is 3. The topological polar surface area (TPSA) is 59.2 Å². The van der Waals surface area contributed by atoms with E-state index >= 15 is 0 Å². The summed E-state index contributed by atoms with van der Waals surface area (Å²) in [6.45, 7) is 8.91. The highest BCUT2D eigenvalue weighted by Crippen LogP contribution is 2.32. The molecule has 0 radical (unpaired) electrons. The highest BCUT2D eigenvalue weighted by atomic mass is 35.5. The van der Waals surface area contributed by atoms with Crippen LogP contribution in [0.4, 0.5) is 0 Å². The lowest BCUT2D eigenvalue weighted by atomic mass is 9.89. The molecular weight excluding hydrogens is 497 g/mol. The molecule has 1 fully saturated rings. The summed E-state index contributed by atoms with van der Waals surface area (Å²) in [6, 6.07) is 9.38. The zero-order chi connectivity index (χ0) is 25.7. The van der Waals surface area contributed by atoms with Gasteiger partial charge in [0.1, 0.15) is 17.2 Å². The predicted octanol–water partition coefficient (Wildman–Crippen LogP) is 6.55. The van der Waals surface area contributed by atoms with E-state index in [0.29, 0.717) is 38.8 Å². The Bertz CT molecular complexity index is 1260. The van der Waals surface area contributed by atoms with Crippen LogP contribution in [0.5, 0.6) is 5.75 Å².